The number of benzene rings is 5. The van der Waals surface area contributed by atoms with Gasteiger partial charge in [0.05, 0.1) is 48.7 Å². The smallest absolute Gasteiger partial charge is 0.338 e. The highest BCUT2D eigenvalue weighted by molar-refractivity contribution is 6.27. The van der Waals surface area contributed by atoms with Crippen LogP contribution in [-0.4, -0.2) is 165 Å². The average molecular weight is 1230 g/mol. The highest BCUT2D eigenvalue weighted by atomic mass is 28.2. The van der Waals surface area contributed by atoms with Crippen molar-refractivity contribution in [3.8, 4) is 22.5 Å². The lowest BCUT2D eigenvalue weighted by atomic mass is 9.90. The molecule has 6 rings (SSSR count). The van der Waals surface area contributed by atoms with Crippen molar-refractivity contribution in [3.63, 3.8) is 0 Å². The van der Waals surface area contributed by atoms with Gasteiger partial charge in [-0.15, -0.1) is 5.11 Å². The molecular formula is C66H105N6O12Si2+. The highest BCUT2D eigenvalue weighted by Gasteiger charge is 2.24. The molecule has 86 heavy (non-hydrogen) atoms. The summed E-state index contributed by atoms with van der Waals surface area (Å²) in [6.45, 7) is 26.8. The molecular weight excluding hydrogens is 1120 g/mol. The maximum Gasteiger partial charge on any atom is 0.338 e. The standard InChI is InChI=1S/C37H49N2O6Si.C20H26N4O.C3H10OSi.2C2H6O.2CH4O/c1-7-38(8-2)27-17-19-31-33(24-27)45-34-25-28(39(9-3)10-4)18-20-32(34)35(31)29-15-11-12-16-30(29)37(41)43-21-13-14-26(5)36(40)44-22-23-46-42-6;1-4-5-14-21-15-20(25)18-8-6-7-9-19(18)23-22-16-10-12-17(13-11-16)24(2)3;1-3-4-5-2;2*1-2-3;2*1-2/h11-12,15-20,24-26H,7-10,13-14,21-23,46H2,1-6H3;6-13,21H,4-5,14-15H2,1-3H3;3,5H2,1-2H3;2*3H,2H2,1H3;2*2H,1H3/q+1;;;;;;. The third-order valence-electron chi connectivity index (χ3n) is 12.8. The van der Waals surface area contributed by atoms with E-state index in [1.807, 2.05) is 99.6 Å². The molecule has 1 atom stereocenters. The lowest BCUT2D eigenvalue weighted by molar-refractivity contribution is -0.147. The van der Waals surface area contributed by atoms with Crippen LogP contribution in [0, 0.1) is 5.92 Å². The molecule has 1 heterocycles. The van der Waals surface area contributed by atoms with Crippen LogP contribution in [0.25, 0.3) is 33.4 Å². The van der Waals surface area contributed by atoms with Gasteiger partial charge in [-0.2, -0.15) is 5.11 Å². The number of Topliss-reactive ketones (excluding diaryl/α,β-unsaturated/α-hetero) is 1. The zero-order valence-corrected chi connectivity index (χ0v) is 57.3. The fourth-order valence-electron chi connectivity index (χ4n) is 8.40. The summed E-state index contributed by atoms with van der Waals surface area (Å²) < 4.78 is 30.1. The lowest BCUT2D eigenvalue weighted by Gasteiger charge is -2.22. The number of hydrogen-bond donors (Lipinski definition) is 5. The van der Waals surface area contributed by atoms with Crippen LogP contribution in [0.2, 0.25) is 12.6 Å². The SMILES string of the molecule is CCCCNCC(=O)c1ccccc1N=Nc1ccc(N(C)C)cc1.CCN(CC)c1ccc2c(-c3ccccc3C(=O)OCCCC(C)C(=O)OCC[SiH2]OC)c3ccc(=[N+](CC)CC)cc-3oc2c1.CCO.CCO.CCO[SiH2]C.CO.CO. The molecule has 1 aliphatic carbocycles. The number of unbranched alkanes of at least 4 members (excludes halogenated alkanes) is 1. The van der Waals surface area contributed by atoms with Crippen molar-refractivity contribution in [2.45, 2.75) is 101 Å². The molecule has 2 aliphatic rings. The van der Waals surface area contributed by atoms with E-state index in [-0.39, 0.29) is 47.3 Å². The Morgan fingerprint density at radius 3 is 1.91 bits per heavy atom. The van der Waals surface area contributed by atoms with Gasteiger partial charge in [-0.3, -0.25) is 9.59 Å². The van der Waals surface area contributed by atoms with Crippen molar-refractivity contribution in [3.05, 3.63) is 126 Å². The van der Waals surface area contributed by atoms with Crippen molar-refractivity contribution >= 4 is 71.0 Å². The minimum Gasteiger partial charge on any atom is -0.466 e. The van der Waals surface area contributed by atoms with E-state index in [1.165, 1.54) is 0 Å². The number of carbonyl (C=O) groups is 3. The number of nitrogens with zero attached hydrogens (tertiary/aromatic N) is 5. The van der Waals surface area contributed by atoms with E-state index in [0.29, 0.717) is 42.8 Å². The van der Waals surface area contributed by atoms with Crippen LogP contribution in [0.1, 0.15) is 109 Å². The lowest BCUT2D eigenvalue weighted by Crippen LogP contribution is -2.29. The van der Waals surface area contributed by atoms with Crippen LogP contribution in [0.5, 0.6) is 0 Å². The number of hydrogen-bond acceptors (Lipinski definition) is 17. The Labute approximate surface area is 518 Å². The summed E-state index contributed by atoms with van der Waals surface area (Å²) in [4.78, 5) is 42.6. The highest BCUT2D eigenvalue weighted by Crippen LogP contribution is 2.42. The van der Waals surface area contributed by atoms with E-state index in [1.54, 1.807) is 27.0 Å². The summed E-state index contributed by atoms with van der Waals surface area (Å²) in [5.74, 6) is -0.0745. The number of azo groups is 1. The summed E-state index contributed by atoms with van der Waals surface area (Å²) in [5.41, 5.74) is 8.07. The topological polar surface area (TPSA) is 228 Å². The van der Waals surface area contributed by atoms with Gasteiger partial charge in [0, 0.05) is 114 Å². The Morgan fingerprint density at radius 2 is 1.34 bits per heavy atom. The number of nitrogens with one attached hydrogen (secondary N) is 1. The van der Waals surface area contributed by atoms with Gasteiger partial charge >= 0.3 is 11.9 Å². The summed E-state index contributed by atoms with van der Waals surface area (Å²) in [7, 11) is 6.98. The van der Waals surface area contributed by atoms with E-state index in [0.717, 1.165) is 128 Å². The second kappa shape index (κ2) is 49.6. The molecule has 478 valence electrons. The molecule has 0 saturated heterocycles. The van der Waals surface area contributed by atoms with Crippen LogP contribution < -0.4 is 25.0 Å². The van der Waals surface area contributed by atoms with E-state index in [4.69, 9.17) is 43.2 Å². The Bertz CT molecular complexity index is 2820. The summed E-state index contributed by atoms with van der Waals surface area (Å²) in [6.07, 6.45) is 3.32. The van der Waals surface area contributed by atoms with E-state index >= 15 is 0 Å². The molecule has 0 spiro atoms. The van der Waals surface area contributed by atoms with Crippen molar-refractivity contribution in [1.82, 2.24) is 9.89 Å². The van der Waals surface area contributed by atoms with Crippen LogP contribution in [0.4, 0.5) is 22.7 Å². The van der Waals surface area contributed by atoms with E-state index in [2.05, 4.69) is 103 Å². The van der Waals surface area contributed by atoms with Gasteiger partial charge in [0.15, 0.2) is 25.3 Å². The molecule has 4 aromatic carbocycles. The van der Waals surface area contributed by atoms with Crippen LogP contribution in [0.3, 0.4) is 0 Å². The summed E-state index contributed by atoms with van der Waals surface area (Å²) in [5, 5.41) is 42.9. The first-order valence-corrected chi connectivity index (χ1v) is 33.8. The predicted octanol–water partition coefficient (Wildman–Crippen LogP) is 10.2. The fourth-order valence-corrected chi connectivity index (χ4v) is 9.36. The molecule has 0 radical (unpaired) electrons. The molecule has 0 fully saturated rings. The number of fused-ring (bicyclic) bond motifs is 2. The molecule has 0 bridgehead atoms. The minimum atomic E-state index is -0.606. The van der Waals surface area contributed by atoms with E-state index < -0.39 is 15.7 Å². The van der Waals surface area contributed by atoms with Gasteiger partial charge in [-0.05, 0) is 147 Å². The average Bonchev–Trinajstić information content (AvgIpc) is 0.845. The number of aliphatic hydroxyl groups excluding tert-OH is 4. The van der Waals surface area contributed by atoms with Gasteiger partial charge in [0.2, 0.25) is 5.36 Å². The quantitative estimate of drug-likeness (QED) is 0.00615. The molecule has 5 N–H and O–H groups in total. The third-order valence-corrected chi connectivity index (χ3v) is 14.6. The second-order valence-electron chi connectivity index (χ2n) is 18.9. The monoisotopic (exact) mass is 1230 g/mol. The Morgan fingerprint density at radius 1 is 0.721 bits per heavy atom. The van der Waals surface area contributed by atoms with Gasteiger partial charge < -0.3 is 58.3 Å². The maximum atomic E-state index is 13.6. The first kappa shape index (κ1) is 79.5. The number of anilines is 2. The second-order valence-corrected chi connectivity index (χ2v) is 21.6. The zero-order valence-electron chi connectivity index (χ0n) is 54.5. The number of ether oxygens (including phenoxy) is 2. The van der Waals surface area contributed by atoms with Crippen molar-refractivity contribution in [1.29, 1.82) is 0 Å². The zero-order chi connectivity index (χ0) is 64.7. The van der Waals surface area contributed by atoms with Gasteiger partial charge in [0.1, 0.15) is 24.4 Å². The molecule has 18 nitrogen and oxygen atoms in total. The Kier molecular flexibility index (Phi) is 45.9. The third kappa shape index (κ3) is 28.8. The molecule has 1 aliphatic heterocycles. The Balaban J connectivity index is 0.00000151. The van der Waals surface area contributed by atoms with Crippen LogP contribution in [0.15, 0.2) is 124 Å². The first-order chi connectivity index (χ1) is 41.7. The Hall–Kier alpha value is -6.47. The fraction of sp³-hybridized carbons (Fsp3) is 0.485. The van der Waals surface area contributed by atoms with E-state index in [9.17, 15) is 14.4 Å². The van der Waals surface area contributed by atoms with Crippen LogP contribution >= 0.6 is 0 Å². The number of carbonyl (C=O) groups excluding carboxylic acids is 3. The maximum absolute atomic E-state index is 13.6. The molecule has 0 amide bonds. The van der Waals surface area contributed by atoms with Crippen molar-refractivity contribution < 1.29 is 57.6 Å². The largest absolute Gasteiger partial charge is 0.466 e. The number of ketones is 1. The predicted molar refractivity (Wildman–Crippen MR) is 360 cm³/mol. The van der Waals surface area contributed by atoms with Crippen molar-refractivity contribution in [2.75, 3.05) is 118 Å². The van der Waals surface area contributed by atoms with Crippen molar-refractivity contribution in [2.24, 2.45) is 16.1 Å². The normalized spacial score (nSPS) is 10.9. The van der Waals surface area contributed by atoms with Gasteiger partial charge in [0.25, 0.3) is 0 Å². The molecule has 1 unspecified atom stereocenters. The number of esters is 2. The molecule has 0 aromatic heterocycles. The summed E-state index contributed by atoms with van der Waals surface area (Å²) in [6, 6.07) is 36.2. The minimum absolute atomic E-state index is 0.0357. The summed E-state index contributed by atoms with van der Waals surface area (Å²) >= 11 is 0. The molecule has 20 heteroatoms. The first-order valence-electron chi connectivity index (χ1n) is 30.2. The van der Waals surface area contributed by atoms with Gasteiger partial charge in [-0.25, -0.2) is 9.37 Å². The molecule has 0 saturated carbocycles. The molecule has 4 aromatic rings. The van der Waals surface area contributed by atoms with Gasteiger partial charge in [-0.1, -0.05) is 57.1 Å². The number of rotatable bonds is 27. The number of aliphatic hydroxyl groups is 4. The van der Waals surface area contributed by atoms with Crippen LogP contribution in [-0.2, 0) is 23.1 Å².